The third kappa shape index (κ3) is 18.8. The molecule has 0 aromatic heterocycles. The molecule has 114 valence electrons. The van der Waals surface area contributed by atoms with E-state index in [9.17, 15) is 14.7 Å². The highest BCUT2D eigenvalue weighted by atomic mass is 16.3. The highest BCUT2D eigenvalue weighted by Crippen LogP contribution is 2.08. The Bertz CT molecular complexity index is 365. The van der Waals surface area contributed by atoms with Gasteiger partial charge in [-0.15, -0.1) is 0 Å². The fourth-order valence-electron chi connectivity index (χ4n) is 1.16. The summed E-state index contributed by atoms with van der Waals surface area (Å²) in [5, 5.41) is 18.3. The number of carbonyl (C=O) groups is 2. The third-order valence-electron chi connectivity index (χ3n) is 1.86. The van der Waals surface area contributed by atoms with Crippen molar-refractivity contribution < 1.29 is 19.8 Å². The third-order valence-corrected chi connectivity index (χ3v) is 1.86. The molecule has 0 radical (unpaired) electrons. The molecular formula is C16H26O4. The van der Waals surface area contributed by atoms with Gasteiger partial charge in [0, 0.05) is 12.8 Å². The van der Waals surface area contributed by atoms with Crippen molar-refractivity contribution in [1.29, 1.82) is 0 Å². The standard InChI is InChI=1S/C9H14O2.C7H12O2/c1-4-5-6-8(10)7-9(2,3)11;1-4-6(8)5-7(2,3)9/h4-6,11H,1,7H2,2-3H3;4,9H,1,5H2,2-3H3/b6-5+;. The molecule has 0 unspecified atom stereocenters. The molecule has 4 nitrogen and oxygen atoms in total. The minimum absolute atomic E-state index is 0.0857. The van der Waals surface area contributed by atoms with Gasteiger partial charge in [0.1, 0.15) is 0 Å². The molecule has 0 aliphatic rings. The van der Waals surface area contributed by atoms with Crippen LogP contribution in [0.1, 0.15) is 40.5 Å². The predicted octanol–water partition coefficient (Wildman–Crippen LogP) is 2.36. The lowest BCUT2D eigenvalue weighted by molar-refractivity contribution is -0.119. The van der Waals surface area contributed by atoms with Gasteiger partial charge < -0.3 is 10.2 Å². The highest BCUT2D eigenvalue weighted by Gasteiger charge is 2.15. The number of hydrogen-bond donors (Lipinski definition) is 2. The minimum atomic E-state index is -0.914. The van der Waals surface area contributed by atoms with E-state index in [-0.39, 0.29) is 24.4 Å². The lowest BCUT2D eigenvalue weighted by atomic mass is 10.0. The van der Waals surface area contributed by atoms with E-state index < -0.39 is 11.2 Å². The monoisotopic (exact) mass is 282 g/mol. The second-order valence-electron chi connectivity index (χ2n) is 5.71. The van der Waals surface area contributed by atoms with Crippen LogP contribution in [0.4, 0.5) is 0 Å². The van der Waals surface area contributed by atoms with Gasteiger partial charge in [0.15, 0.2) is 11.6 Å². The van der Waals surface area contributed by atoms with Gasteiger partial charge in [-0.1, -0.05) is 25.3 Å². The summed E-state index contributed by atoms with van der Waals surface area (Å²) in [6.45, 7) is 13.1. The van der Waals surface area contributed by atoms with Crippen molar-refractivity contribution in [1.82, 2.24) is 0 Å². The van der Waals surface area contributed by atoms with Gasteiger partial charge in [0.05, 0.1) is 11.2 Å². The zero-order valence-corrected chi connectivity index (χ0v) is 12.8. The van der Waals surface area contributed by atoms with Crippen molar-refractivity contribution in [3.05, 3.63) is 37.5 Å². The van der Waals surface area contributed by atoms with Crippen LogP contribution in [0.2, 0.25) is 0 Å². The summed E-state index contributed by atoms with van der Waals surface area (Å²) in [5.41, 5.74) is -1.81. The Morgan fingerprint density at radius 1 is 0.950 bits per heavy atom. The Hall–Kier alpha value is -1.52. The zero-order valence-electron chi connectivity index (χ0n) is 12.8. The quantitative estimate of drug-likeness (QED) is 0.555. The van der Waals surface area contributed by atoms with E-state index in [0.717, 1.165) is 0 Å². The Kier molecular flexibility index (Phi) is 9.77. The molecule has 0 aromatic carbocycles. The molecule has 0 aromatic rings. The molecule has 0 heterocycles. The molecule has 0 aliphatic carbocycles. The van der Waals surface area contributed by atoms with Crippen molar-refractivity contribution in [2.45, 2.75) is 51.7 Å². The predicted molar refractivity (Wildman–Crippen MR) is 81.4 cm³/mol. The molecule has 0 bridgehead atoms. The van der Waals surface area contributed by atoms with E-state index in [1.165, 1.54) is 18.2 Å². The van der Waals surface area contributed by atoms with Gasteiger partial charge in [-0.2, -0.15) is 0 Å². The molecule has 2 N–H and O–H groups in total. The molecule has 0 rings (SSSR count). The van der Waals surface area contributed by atoms with Crippen LogP contribution in [-0.4, -0.2) is 33.0 Å². The normalized spacial score (nSPS) is 11.5. The lowest BCUT2D eigenvalue weighted by Crippen LogP contribution is -2.22. The average Bonchev–Trinajstić information content (AvgIpc) is 2.22. The molecule has 0 saturated heterocycles. The molecule has 4 heteroatoms. The van der Waals surface area contributed by atoms with Crippen molar-refractivity contribution in [2.24, 2.45) is 0 Å². The smallest absolute Gasteiger partial charge is 0.158 e. The summed E-state index contributed by atoms with van der Waals surface area (Å²) < 4.78 is 0. The fraction of sp³-hybridized carbons (Fsp3) is 0.500. The van der Waals surface area contributed by atoms with E-state index in [2.05, 4.69) is 13.2 Å². The van der Waals surface area contributed by atoms with Gasteiger partial charge >= 0.3 is 0 Å². The molecule has 0 spiro atoms. The topological polar surface area (TPSA) is 74.6 Å². The van der Waals surface area contributed by atoms with Crippen LogP contribution in [-0.2, 0) is 9.59 Å². The van der Waals surface area contributed by atoms with Crippen LogP contribution < -0.4 is 0 Å². The molecule has 0 aliphatic heterocycles. The van der Waals surface area contributed by atoms with E-state index in [1.807, 2.05) is 0 Å². The van der Waals surface area contributed by atoms with E-state index in [1.54, 1.807) is 33.8 Å². The second kappa shape index (κ2) is 9.39. The Balaban J connectivity index is 0. The summed E-state index contributed by atoms with van der Waals surface area (Å²) in [7, 11) is 0. The first kappa shape index (κ1) is 20.8. The van der Waals surface area contributed by atoms with Crippen LogP contribution in [0.15, 0.2) is 37.5 Å². The Labute approximate surface area is 121 Å². The Morgan fingerprint density at radius 3 is 1.60 bits per heavy atom. The number of aliphatic hydroxyl groups is 2. The lowest BCUT2D eigenvalue weighted by Gasteiger charge is -2.13. The van der Waals surface area contributed by atoms with Crippen LogP contribution in [0.25, 0.3) is 0 Å². The number of rotatable bonds is 7. The van der Waals surface area contributed by atoms with Gasteiger partial charge in [-0.05, 0) is 39.8 Å². The molecule has 0 fully saturated rings. The number of hydrogen-bond acceptors (Lipinski definition) is 4. The van der Waals surface area contributed by atoms with E-state index in [4.69, 9.17) is 5.11 Å². The first-order chi connectivity index (χ1) is 8.91. The number of allylic oxidation sites excluding steroid dienone is 4. The average molecular weight is 282 g/mol. The maximum absolute atomic E-state index is 10.9. The second-order valence-corrected chi connectivity index (χ2v) is 5.71. The zero-order chi connectivity index (χ0) is 16.4. The summed E-state index contributed by atoms with van der Waals surface area (Å²) >= 11 is 0. The highest BCUT2D eigenvalue weighted by molar-refractivity contribution is 5.90. The van der Waals surface area contributed by atoms with Crippen LogP contribution >= 0.6 is 0 Å². The number of carbonyl (C=O) groups excluding carboxylic acids is 2. The maximum atomic E-state index is 10.9. The van der Waals surface area contributed by atoms with Crippen molar-refractivity contribution in [2.75, 3.05) is 0 Å². The summed E-state index contributed by atoms with van der Waals surface area (Å²) in [4.78, 5) is 21.5. The SMILES string of the molecule is C=C/C=C/C(=O)CC(C)(C)O.C=CC(=O)CC(C)(C)O. The van der Waals surface area contributed by atoms with Gasteiger partial charge in [0.25, 0.3) is 0 Å². The van der Waals surface area contributed by atoms with Crippen molar-refractivity contribution in [3.63, 3.8) is 0 Å². The summed E-state index contributed by atoms with van der Waals surface area (Å²) in [6.07, 6.45) is 6.02. The van der Waals surface area contributed by atoms with E-state index >= 15 is 0 Å². The van der Waals surface area contributed by atoms with Crippen molar-refractivity contribution in [3.8, 4) is 0 Å². The van der Waals surface area contributed by atoms with Crippen molar-refractivity contribution >= 4 is 11.6 Å². The Morgan fingerprint density at radius 2 is 1.35 bits per heavy atom. The summed E-state index contributed by atoms with van der Waals surface area (Å²) in [5.74, 6) is -0.208. The minimum Gasteiger partial charge on any atom is -0.390 e. The van der Waals surface area contributed by atoms with Crippen LogP contribution in [0.3, 0.4) is 0 Å². The van der Waals surface area contributed by atoms with Gasteiger partial charge in [0.2, 0.25) is 0 Å². The summed E-state index contributed by atoms with van der Waals surface area (Å²) in [6, 6.07) is 0. The number of ketones is 2. The van der Waals surface area contributed by atoms with Gasteiger partial charge in [-0.25, -0.2) is 0 Å². The first-order valence-electron chi connectivity index (χ1n) is 6.33. The van der Waals surface area contributed by atoms with Gasteiger partial charge in [-0.3, -0.25) is 9.59 Å². The molecule has 20 heavy (non-hydrogen) atoms. The van der Waals surface area contributed by atoms with Crippen LogP contribution in [0.5, 0.6) is 0 Å². The van der Waals surface area contributed by atoms with Crippen LogP contribution in [0, 0.1) is 0 Å². The maximum Gasteiger partial charge on any atom is 0.158 e. The molecular weight excluding hydrogens is 256 g/mol. The fourth-order valence-corrected chi connectivity index (χ4v) is 1.16. The molecule has 0 atom stereocenters. The largest absolute Gasteiger partial charge is 0.390 e. The first-order valence-corrected chi connectivity index (χ1v) is 6.33. The molecule has 0 saturated carbocycles. The molecule has 0 amide bonds. The van der Waals surface area contributed by atoms with E-state index in [0.29, 0.717) is 0 Å².